The van der Waals surface area contributed by atoms with Gasteiger partial charge in [0.25, 0.3) is 5.91 Å². The molecule has 0 aliphatic heterocycles. The molecule has 0 fully saturated rings. The van der Waals surface area contributed by atoms with Crippen LogP contribution in [0, 0.1) is 0 Å². The molecule has 5 nitrogen and oxygen atoms in total. The normalized spacial score (nSPS) is 10.8. The number of hydrogen-bond acceptors (Lipinski definition) is 2. The van der Waals surface area contributed by atoms with Gasteiger partial charge in [-0.15, -0.1) is 0 Å². The van der Waals surface area contributed by atoms with Gasteiger partial charge in [-0.2, -0.15) is 0 Å². The Bertz CT molecular complexity index is 959. The summed E-state index contributed by atoms with van der Waals surface area (Å²) < 4.78 is 1.74. The van der Waals surface area contributed by atoms with Gasteiger partial charge in [0.2, 0.25) is 5.91 Å². The van der Waals surface area contributed by atoms with Crippen LogP contribution >= 0.6 is 23.2 Å². The summed E-state index contributed by atoms with van der Waals surface area (Å²) in [6, 6.07) is 14.4. The number of aromatic nitrogens is 1. The fourth-order valence-electron chi connectivity index (χ4n) is 2.80. The first-order chi connectivity index (χ1) is 12.4. The first-order valence-corrected chi connectivity index (χ1v) is 8.68. The van der Waals surface area contributed by atoms with Crippen molar-refractivity contribution in [2.45, 2.75) is 0 Å². The lowest BCUT2D eigenvalue weighted by atomic mass is 10.2. The van der Waals surface area contributed by atoms with Crippen LogP contribution < -0.4 is 5.32 Å². The molecule has 7 heteroatoms. The lowest BCUT2D eigenvalue weighted by Crippen LogP contribution is -2.36. The Morgan fingerprint density at radius 1 is 1.08 bits per heavy atom. The van der Waals surface area contributed by atoms with Crippen molar-refractivity contribution in [3.8, 4) is 0 Å². The molecule has 2 aromatic carbocycles. The van der Waals surface area contributed by atoms with Gasteiger partial charge < -0.3 is 14.8 Å². The standard InChI is InChI=1S/C19H17Cl2N3O2/c1-23(11-16(25)22-14-9-5-4-8-13(14)20)19(26)18-17(21)12-7-3-6-10-15(12)24(18)2/h3-10H,11H2,1-2H3,(H,22,25). The highest BCUT2D eigenvalue weighted by Gasteiger charge is 2.23. The molecule has 1 N–H and O–H groups in total. The molecule has 0 atom stereocenters. The van der Waals surface area contributed by atoms with Crippen LogP contribution in [0.25, 0.3) is 10.9 Å². The number of anilines is 1. The highest BCUT2D eigenvalue weighted by atomic mass is 35.5. The maximum absolute atomic E-state index is 12.8. The van der Waals surface area contributed by atoms with Gasteiger partial charge >= 0.3 is 0 Å². The zero-order chi connectivity index (χ0) is 18.8. The van der Waals surface area contributed by atoms with Crippen molar-refractivity contribution in [3.63, 3.8) is 0 Å². The number of aryl methyl sites for hydroxylation is 1. The smallest absolute Gasteiger partial charge is 0.272 e. The van der Waals surface area contributed by atoms with Crippen LogP contribution in [-0.2, 0) is 11.8 Å². The van der Waals surface area contributed by atoms with Crippen LogP contribution in [-0.4, -0.2) is 34.9 Å². The fraction of sp³-hybridized carbons (Fsp3) is 0.158. The molecule has 0 aliphatic rings. The van der Waals surface area contributed by atoms with Crippen molar-refractivity contribution in [2.24, 2.45) is 7.05 Å². The number of hydrogen-bond donors (Lipinski definition) is 1. The Morgan fingerprint density at radius 3 is 2.42 bits per heavy atom. The van der Waals surface area contributed by atoms with Crippen molar-refractivity contribution >= 4 is 51.6 Å². The Morgan fingerprint density at radius 2 is 1.73 bits per heavy atom. The van der Waals surface area contributed by atoms with Crippen LogP contribution in [0.3, 0.4) is 0 Å². The maximum atomic E-state index is 12.8. The molecule has 0 radical (unpaired) electrons. The summed E-state index contributed by atoms with van der Waals surface area (Å²) in [7, 11) is 3.33. The average molecular weight is 390 g/mol. The van der Waals surface area contributed by atoms with Gasteiger partial charge in [-0.3, -0.25) is 9.59 Å². The SMILES string of the molecule is CN(CC(=O)Nc1ccccc1Cl)C(=O)c1c(Cl)c2ccccc2n1C. The minimum absolute atomic E-state index is 0.123. The number of likely N-dealkylation sites (N-methyl/N-ethyl adjacent to an activating group) is 1. The van der Waals surface area contributed by atoms with Gasteiger partial charge in [-0.1, -0.05) is 53.5 Å². The van der Waals surface area contributed by atoms with E-state index in [1.54, 1.807) is 42.9 Å². The Labute approximate surface area is 161 Å². The first kappa shape index (κ1) is 18.3. The molecule has 0 saturated carbocycles. The first-order valence-electron chi connectivity index (χ1n) is 7.93. The minimum atomic E-state index is -0.344. The van der Waals surface area contributed by atoms with Crippen LogP contribution in [0.1, 0.15) is 10.5 Å². The monoisotopic (exact) mass is 389 g/mol. The number of rotatable bonds is 4. The average Bonchev–Trinajstić information content (AvgIpc) is 2.87. The topological polar surface area (TPSA) is 54.3 Å². The van der Waals surface area contributed by atoms with Gasteiger partial charge in [-0.25, -0.2) is 0 Å². The molecule has 26 heavy (non-hydrogen) atoms. The summed E-state index contributed by atoms with van der Waals surface area (Å²) in [6.45, 7) is -0.123. The second kappa shape index (κ2) is 7.40. The quantitative estimate of drug-likeness (QED) is 0.726. The molecule has 2 amide bonds. The number of amides is 2. The van der Waals surface area contributed by atoms with Crippen LogP contribution in [0.15, 0.2) is 48.5 Å². The number of nitrogens with zero attached hydrogens (tertiary/aromatic N) is 2. The van der Waals surface area contributed by atoms with Crippen LogP contribution in [0.5, 0.6) is 0 Å². The number of fused-ring (bicyclic) bond motifs is 1. The van der Waals surface area contributed by atoms with Crippen molar-refractivity contribution < 1.29 is 9.59 Å². The van der Waals surface area contributed by atoms with Gasteiger partial charge in [0.1, 0.15) is 5.69 Å². The zero-order valence-corrected chi connectivity index (χ0v) is 15.8. The van der Waals surface area contributed by atoms with E-state index in [9.17, 15) is 9.59 Å². The predicted molar refractivity (Wildman–Crippen MR) is 105 cm³/mol. The Hall–Kier alpha value is -2.50. The molecule has 3 aromatic rings. The molecule has 134 valence electrons. The molecule has 0 aliphatic carbocycles. The predicted octanol–water partition coefficient (Wildman–Crippen LogP) is 4.20. The number of nitrogens with one attached hydrogen (secondary N) is 1. The molecule has 0 spiro atoms. The number of carbonyl (C=O) groups excluding carboxylic acids is 2. The maximum Gasteiger partial charge on any atom is 0.272 e. The second-order valence-electron chi connectivity index (χ2n) is 5.93. The second-order valence-corrected chi connectivity index (χ2v) is 6.71. The zero-order valence-electron chi connectivity index (χ0n) is 14.3. The van der Waals surface area contributed by atoms with Crippen molar-refractivity contribution in [2.75, 3.05) is 18.9 Å². The minimum Gasteiger partial charge on any atom is -0.338 e. The molecular formula is C19H17Cl2N3O2. The molecule has 0 bridgehead atoms. The number of carbonyl (C=O) groups is 2. The van der Waals surface area contributed by atoms with Crippen LogP contribution in [0.2, 0.25) is 10.0 Å². The molecule has 1 heterocycles. The van der Waals surface area contributed by atoms with Crippen LogP contribution in [0.4, 0.5) is 5.69 Å². The Kier molecular flexibility index (Phi) is 5.20. The van der Waals surface area contributed by atoms with E-state index in [0.717, 1.165) is 10.9 Å². The van der Waals surface area contributed by atoms with E-state index >= 15 is 0 Å². The van der Waals surface area contributed by atoms with E-state index in [2.05, 4.69) is 5.32 Å². The lowest BCUT2D eigenvalue weighted by Gasteiger charge is -2.18. The number of benzene rings is 2. The summed E-state index contributed by atoms with van der Waals surface area (Å²) >= 11 is 12.4. The molecule has 0 unspecified atom stereocenters. The van der Waals surface area contributed by atoms with Gasteiger partial charge in [0.15, 0.2) is 0 Å². The summed E-state index contributed by atoms with van der Waals surface area (Å²) in [4.78, 5) is 26.4. The van der Waals surface area contributed by atoms with Gasteiger partial charge in [0, 0.05) is 25.0 Å². The highest BCUT2D eigenvalue weighted by molar-refractivity contribution is 6.39. The van der Waals surface area contributed by atoms with Gasteiger partial charge in [0.05, 0.1) is 22.3 Å². The number of para-hydroxylation sites is 2. The third kappa shape index (κ3) is 3.41. The van der Waals surface area contributed by atoms with E-state index in [1.807, 2.05) is 24.3 Å². The van der Waals surface area contributed by atoms with Gasteiger partial charge in [-0.05, 0) is 18.2 Å². The summed E-state index contributed by atoms with van der Waals surface area (Å²) in [5.74, 6) is -0.674. The van der Waals surface area contributed by atoms with Crippen molar-refractivity contribution in [3.05, 3.63) is 64.3 Å². The third-order valence-corrected chi connectivity index (χ3v) is 4.84. The largest absolute Gasteiger partial charge is 0.338 e. The van der Waals surface area contributed by atoms with E-state index in [0.29, 0.717) is 21.4 Å². The molecular weight excluding hydrogens is 373 g/mol. The fourth-order valence-corrected chi connectivity index (χ4v) is 3.36. The van der Waals surface area contributed by atoms with Crippen molar-refractivity contribution in [1.29, 1.82) is 0 Å². The highest BCUT2D eigenvalue weighted by Crippen LogP contribution is 2.30. The molecule has 1 aromatic heterocycles. The summed E-state index contributed by atoms with van der Waals surface area (Å²) in [5, 5.41) is 4.32. The number of halogens is 2. The molecule has 3 rings (SSSR count). The summed E-state index contributed by atoms with van der Waals surface area (Å²) in [6.07, 6.45) is 0. The Balaban J connectivity index is 1.78. The van der Waals surface area contributed by atoms with E-state index in [4.69, 9.17) is 23.2 Å². The van der Waals surface area contributed by atoms with E-state index in [1.165, 1.54) is 4.90 Å². The lowest BCUT2D eigenvalue weighted by molar-refractivity contribution is -0.116. The molecule has 0 saturated heterocycles. The van der Waals surface area contributed by atoms with E-state index in [-0.39, 0.29) is 18.4 Å². The van der Waals surface area contributed by atoms with Crippen molar-refractivity contribution in [1.82, 2.24) is 9.47 Å². The van der Waals surface area contributed by atoms with E-state index < -0.39 is 0 Å². The third-order valence-electron chi connectivity index (χ3n) is 4.12. The summed E-state index contributed by atoms with van der Waals surface area (Å²) in [5.41, 5.74) is 1.71.